The molecule has 0 radical (unpaired) electrons. The van der Waals surface area contributed by atoms with Gasteiger partial charge in [-0.05, 0) is 31.2 Å². The van der Waals surface area contributed by atoms with E-state index in [0.717, 1.165) is 33.2 Å². The van der Waals surface area contributed by atoms with Crippen LogP contribution >= 0.6 is 0 Å². The normalized spacial score (nSPS) is 11.0. The van der Waals surface area contributed by atoms with Crippen molar-refractivity contribution < 1.29 is 9.53 Å². The molecular weight excluding hydrogens is 300 g/mol. The molecule has 4 rings (SSSR count). The first-order valence-corrected chi connectivity index (χ1v) is 7.92. The quantitative estimate of drug-likeness (QED) is 0.564. The number of carbonyl (C=O) groups is 1. The van der Waals surface area contributed by atoms with E-state index >= 15 is 0 Å². The molecule has 2 aromatic heterocycles. The maximum absolute atomic E-state index is 12.2. The van der Waals surface area contributed by atoms with Crippen molar-refractivity contribution in [3.8, 4) is 11.3 Å². The molecule has 1 N–H and O–H groups in total. The molecule has 0 aliphatic rings. The predicted octanol–water partition coefficient (Wildman–Crippen LogP) is 4.56. The van der Waals surface area contributed by atoms with E-state index in [1.165, 1.54) is 0 Å². The summed E-state index contributed by atoms with van der Waals surface area (Å²) >= 11 is 0. The van der Waals surface area contributed by atoms with Crippen LogP contribution in [-0.2, 0) is 4.74 Å². The first kappa shape index (κ1) is 14.5. The lowest BCUT2D eigenvalue weighted by molar-refractivity contribution is 0.0529. The van der Waals surface area contributed by atoms with Crippen molar-refractivity contribution in [2.24, 2.45) is 0 Å². The van der Waals surface area contributed by atoms with Crippen LogP contribution in [0.5, 0.6) is 0 Å². The number of H-pyrrole nitrogens is 1. The number of hydrogen-bond acceptors (Lipinski definition) is 3. The third-order valence-corrected chi connectivity index (χ3v) is 4.05. The van der Waals surface area contributed by atoms with Crippen molar-refractivity contribution in [1.29, 1.82) is 0 Å². The number of nitrogens with one attached hydrogen (secondary N) is 1. The van der Waals surface area contributed by atoms with Crippen molar-refractivity contribution in [2.75, 3.05) is 6.61 Å². The highest BCUT2D eigenvalue weighted by atomic mass is 16.5. The summed E-state index contributed by atoms with van der Waals surface area (Å²) in [5, 5.41) is 1.78. The molecule has 0 saturated carbocycles. The molecule has 0 unspecified atom stereocenters. The SMILES string of the molecule is CCOC(=O)c1cccc2[nH]c3nc(-c4ccccc4)ccc3c12. The summed E-state index contributed by atoms with van der Waals surface area (Å²) in [5.74, 6) is -0.309. The summed E-state index contributed by atoms with van der Waals surface area (Å²) in [6.07, 6.45) is 0. The smallest absolute Gasteiger partial charge is 0.338 e. The van der Waals surface area contributed by atoms with Crippen LogP contribution in [0, 0.1) is 0 Å². The number of carbonyl (C=O) groups excluding carboxylic acids is 1. The number of hydrogen-bond donors (Lipinski definition) is 1. The molecule has 0 aliphatic carbocycles. The first-order chi connectivity index (χ1) is 11.8. The zero-order valence-corrected chi connectivity index (χ0v) is 13.2. The van der Waals surface area contributed by atoms with Gasteiger partial charge in [0.2, 0.25) is 0 Å². The van der Waals surface area contributed by atoms with Gasteiger partial charge < -0.3 is 9.72 Å². The Morgan fingerprint density at radius 1 is 1.04 bits per heavy atom. The Labute approximate surface area is 139 Å². The fourth-order valence-electron chi connectivity index (χ4n) is 2.98. The van der Waals surface area contributed by atoms with Crippen molar-refractivity contribution in [3.05, 3.63) is 66.2 Å². The number of aromatic amines is 1. The molecule has 0 amide bonds. The number of ether oxygens (including phenoxy) is 1. The zero-order valence-electron chi connectivity index (χ0n) is 13.2. The summed E-state index contributed by atoms with van der Waals surface area (Å²) in [5.41, 5.74) is 4.17. The van der Waals surface area contributed by atoms with Gasteiger partial charge in [-0.2, -0.15) is 0 Å². The minimum absolute atomic E-state index is 0.309. The molecule has 118 valence electrons. The highest BCUT2D eigenvalue weighted by molar-refractivity contribution is 6.16. The highest BCUT2D eigenvalue weighted by Crippen LogP contribution is 2.30. The number of benzene rings is 2. The number of aromatic nitrogens is 2. The van der Waals surface area contributed by atoms with E-state index in [1.54, 1.807) is 13.0 Å². The van der Waals surface area contributed by atoms with Crippen LogP contribution in [-0.4, -0.2) is 22.5 Å². The molecular formula is C20H16N2O2. The maximum atomic E-state index is 12.2. The second kappa shape index (κ2) is 5.81. The van der Waals surface area contributed by atoms with Crippen molar-refractivity contribution in [1.82, 2.24) is 9.97 Å². The largest absolute Gasteiger partial charge is 0.462 e. The first-order valence-electron chi connectivity index (χ1n) is 7.92. The second-order valence-corrected chi connectivity index (χ2v) is 5.53. The lowest BCUT2D eigenvalue weighted by Crippen LogP contribution is -2.04. The van der Waals surface area contributed by atoms with Crippen molar-refractivity contribution >= 4 is 27.9 Å². The van der Waals surface area contributed by atoms with E-state index in [4.69, 9.17) is 9.72 Å². The van der Waals surface area contributed by atoms with E-state index in [0.29, 0.717) is 12.2 Å². The van der Waals surface area contributed by atoms with Gasteiger partial charge in [0, 0.05) is 21.9 Å². The van der Waals surface area contributed by atoms with Gasteiger partial charge in [-0.15, -0.1) is 0 Å². The third kappa shape index (κ3) is 2.33. The van der Waals surface area contributed by atoms with Gasteiger partial charge in [-0.3, -0.25) is 0 Å². The molecule has 0 bridgehead atoms. The molecule has 24 heavy (non-hydrogen) atoms. The summed E-state index contributed by atoms with van der Waals surface area (Å²) in [7, 11) is 0. The number of fused-ring (bicyclic) bond motifs is 3. The van der Waals surface area contributed by atoms with E-state index in [1.807, 2.05) is 54.6 Å². The summed E-state index contributed by atoms with van der Waals surface area (Å²) in [6, 6.07) is 19.6. The number of pyridine rings is 1. The summed E-state index contributed by atoms with van der Waals surface area (Å²) < 4.78 is 5.17. The summed E-state index contributed by atoms with van der Waals surface area (Å²) in [4.78, 5) is 20.3. The van der Waals surface area contributed by atoms with Crippen molar-refractivity contribution in [2.45, 2.75) is 6.92 Å². The zero-order chi connectivity index (χ0) is 16.5. The molecule has 0 fully saturated rings. The van der Waals surface area contributed by atoms with Gasteiger partial charge in [0.15, 0.2) is 0 Å². The van der Waals surface area contributed by atoms with Crippen LogP contribution < -0.4 is 0 Å². The second-order valence-electron chi connectivity index (χ2n) is 5.53. The van der Waals surface area contributed by atoms with E-state index in [9.17, 15) is 4.79 Å². The monoisotopic (exact) mass is 316 g/mol. The van der Waals surface area contributed by atoms with Crippen LogP contribution in [0.2, 0.25) is 0 Å². The Bertz CT molecular complexity index is 1040. The van der Waals surface area contributed by atoms with Crippen LogP contribution in [0.4, 0.5) is 0 Å². The highest BCUT2D eigenvalue weighted by Gasteiger charge is 2.16. The predicted molar refractivity (Wildman–Crippen MR) is 95.0 cm³/mol. The standard InChI is InChI=1S/C20H16N2O2/c1-2-24-20(23)15-9-6-10-17-18(15)14-11-12-16(21-19(14)22-17)13-7-4-3-5-8-13/h3-12H,2H2,1H3,(H,21,22). The number of rotatable bonds is 3. The van der Waals surface area contributed by atoms with E-state index in [2.05, 4.69) is 4.98 Å². The molecule has 0 spiro atoms. The van der Waals surface area contributed by atoms with E-state index < -0.39 is 0 Å². The molecule has 0 saturated heterocycles. The molecule has 0 atom stereocenters. The molecule has 0 aliphatic heterocycles. The van der Waals surface area contributed by atoms with Gasteiger partial charge in [0.05, 0.1) is 17.9 Å². The van der Waals surface area contributed by atoms with Crippen LogP contribution in [0.25, 0.3) is 33.2 Å². The van der Waals surface area contributed by atoms with Gasteiger partial charge in [0.1, 0.15) is 5.65 Å². The van der Waals surface area contributed by atoms with Gasteiger partial charge in [-0.25, -0.2) is 9.78 Å². The molecule has 2 aromatic carbocycles. The Hall–Kier alpha value is -3.14. The third-order valence-electron chi connectivity index (χ3n) is 4.05. The van der Waals surface area contributed by atoms with Crippen LogP contribution in [0.15, 0.2) is 60.7 Å². The van der Waals surface area contributed by atoms with Crippen LogP contribution in [0.1, 0.15) is 17.3 Å². The number of nitrogens with zero attached hydrogens (tertiary/aromatic N) is 1. The van der Waals surface area contributed by atoms with Gasteiger partial charge in [-0.1, -0.05) is 36.4 Å². The molecule has 4 nitrogen and oxygen atoms in total. The van der Waals surface area contributed by atoms with Crippen LogP contribution in [0.3, 0.4) is 0 Å². The topological polar surface area (TPSA) is 55.0 Å². The summed E-state index contributed by atoms with van der Waals surface area (Å²) in [6.45, 7) is 2.16. The Kier molecular flexibility index (Phi) is 3.50. The minimum Gasteiger partial charge on any atom is -0.462 e. The van der Waals surface area contributed by atoms with Gasteiger partial charge in [0.25, 0.3) is 0 Å². The fraction of sp³-hybridized carbons (Fsp3) is 0.100. The Balaban J connectivity index is 1.93. The molecule has 2 heterocycles. The Morgan fingerprint density at radius 2 is 1.88 bits per heavy atom. The molecule has 4 aromatic rings. The lowest BCUT2D eigenvalue weighted by atomic mass is 10.1. The Morgan fingerprint density at radius 3 is 2.67 bits per heavy atom. The van der Waals surface area contributed by atoms with Crippen molar-refractivity contribution in [3.63, 3.8) is 0 Å². The minimum atomic E-state index is -0.309. The lowest BCUT2D eigenvalue weighted by Gasteiger charge is -2.04. The number of esters is 1. The molecule has 4 heteroatoms. The average Bonchev–Trinajstić information content (AvgIpc) is 3.00. The van der Waals surface area contributed by atoms with Gasteiger partial charge >= 0.3 is 5.97 Å². The fourth-order valence-corrected chi connectivity index (χ4v) is 2.98. The average molecular weight is 316 g/mol. The maximum Gasteiger partial charge on any atom is 0.338 e. The van der Waals surface area contributed by atoms with E-state index in [-0.39, 0.29) is 5.97 Å².